The molecule has 1 aromatic carbocycles. The van der Waals surface area contributed by atoms with Gasteiger partial charge in [0.1, 0.15) is 5.82 Å². The molecule has 0 aromatic heterocycles. The molecule has 1 saturated carbocycles. The Hall–Kier alpha value is -1.27. The maximum Gasteiger partial charge on any atom is 0.128 e. The lowest BCUT2D eigenvalue weighted by Crippen LogP contribution is -2.26. The number of anilines is 1. The molecule has 1 aliphatic rings. The summed E-state index contributed by atoms with van der Waals surface area (Å²) < 4.78 is 13.5. The summed E-state index contributed by atoms with van der Waals surface area (Å²) in [6.07, 6.45) is 1.83. The highest BCUT2D eigenvalue weighted by molar-refractivity contribution is 6.33. The summed E-state index contributed by atoms with van der Waals surface area (Å²) in [6, 6.07) is 5.38. The second-order valence-corrected chi connectivity index (χ2v) is 5.21. The summed E-state index contributed by atoms with van der Waals surface area (Å²) in [7, 11) is 1.84. The molecule has 0 N–H and O–H groups in total. The van der Waals surface area contributed by atoms with Crippen LogP contribution in [0.1, 0.15) is 18.4 Å². The smallest absolute Gasteiger partial charge is 0.128 e. The SMILES string of the molecule is Cc1cc(Cl)c(N(C)CC2(C#N)CC2)cc1F. The molecule has 2 rings (SSSR count). The number of nitriles is 1. The number of rotatable bonds is 3. The summed E-state index contributed by atoms with van der Waals surface area (Å²) in [5.74, 6) is -0.266. The first-order valence-corrected chi connectivity index (χ1v) is 5.93. The Morgan fingerprint density at radius 2 is 2.18 bits per heavy atom. The first kappa shape index (κ1) is 12.2. The van der Waals surface area contributed by atoms with Crippen molar-refractivity contribution in [1.29, 1.82) is 5.26 Å². The van der Waals surface area contributed by atoms with E-state index in [2.05, 4.69) is 6.07 Å². The van der Waals surface area contributed by atoms with Gasteiger partial charge >= 0.3 is 0 Å². The second-order valence-electron chi connectivity index (χ2n) is 4.80. The standard InChI is InChI=1S/C13H14ClFN2/c1-9-5-10(14)12(6-11(9)15)17(2)8-13(7-16)3-4-13/h5-6H,3-4,8H2,1-2H3. The zero-order valence-corrected chi connectivity index (χ0v) is 10.7. The van der Waals surface area contributed by atoms with Crippen molar-refractivity contribution in [3.8, 4) is 6.07 Å². The number of benzene rings is 1. The van der Waals surface area contributed by atoms with E-state index in [1.54, 1.807) is 13.0 Å². The van der Waals surface area contributed by atoms with Crippen LogP contribution >= 0.6 is 11.6 Å². The van der Waals surface area contributed by atoms with Gasteiger partial charge < -0.3 is 4.90 Å². The molecule has 1 aliphatic carbocycles. The van der Waals surface area contributed by atoms with Crippen molar-refractivity contribution in [1.82, 2.24) is 0 Å². The third-order valence-electron chi connectivity index (χ3n) is 3.27. The molecule has 0 radical (unpaired) electrons. The molecule has 90 valence electrons. The monoisotopic (exact) mass is 252 g/mol. The van der Waals surface area contributed by atoms with Crippen molar-refractivity contribution in [2.75, 3.05) is 18.5 Å². The number of halogens is 2. The fraction of sp³-hybridized carbons (Fsp3) is 0.462. The molecule has 0 saturated heterocycles. The number of aryl methyl sites for hydroxylation is 1. The van der Waals surface area contributed by atoms with Crippen LogP contribution in [-0.2, 0) is 0 Å². The number of hydrogen-bond donors (Lipinski definition) is 0. The van der Waals surface area contributed by atoms with Crippen molar-refractivity contribution in [2.24, 2.45) is 5.41 Å². The molecule has 17 heavy (non-hydrogen) atoms. The van der Waals surface area contributed by atoms with Crippen molar-refractivity contribution in [3.63, 3.8) is 0 Å². The zero-order chi connectivity index (χ0) is 12.6. The lowest BCUT2D eigenvalue weighted by Gasteiger charge is -2.23. The van der Waals surface area contributed by atoms with Crippen LogP contribution in [0.15, 0.2) is 12.1 Å². The Balaban J connectivity index is 2.23. The van der Waals surface area contributed by atoms with Gasteiger partial charge in [-0.1, -0.05) is 11.6 Å². The van der Waals surface area contributed by atoms with Crippen LogP contribution in [0, 0.1) is 29.5 Å². The predicted octanol–water partition coefficient (Wildman–Crippen LogP) is 3.53. The Morgan fingerprint density at radius 3 is 2.71 bits per heavy atom. The van der Waals surface area contributed by atoms with E-state index in [0.717, 1.165) is 12.8 Å². The van der Waals surface area contributed by atoms with E-state index >= 15 is 0 Å². The third-order valence-corrected chi connectivity index (χ3v) is 3.57. The third kappa shape index (κ3) is 2.37. The molecule has 0 amide bonds. The minimum absolute atomic E-state index is 0.251. The van der Waals surface area contributed by atoms with Crippen molar-refractivity contribution >= 4 is 17.3 Å². The summed E-state index contributed by atoms with van der Waals surface area (Å²) in [6.45, 7) is 2.29. The second kappa shape index (κ2) is 4.19. The summed E-state index contributed by atoms with van der Waals surface area (Å²) in [5, 5.41) is 9.56. The van der Waals surface area contributed by atoms with Gasteiger partial charge in [-0.25, -0.2) is 4.39 Å². The largest absolute Gasteiger partial charge is 0.372 e. The van der Waals surface area contributed by atoms with Gasteiger partial charge in [-0.3, -0.25) is 0 Å². The molecule has 1 fully saturated rings. The number of nitrogens with zero attached hydrogens (tertiary/aromatic N) is 2. The average Bonchev–Trinajstić information content (AvgIpc) is 3.04. The van der Waals surface area contributed by atoms with Gasteiger partial charge in [0.05, 0.1) is 22.2 Å². The molecule has 0 spiro atoms. The highest BCUT2D eigenvalue weighted by atomic mass is 35.5. The average molecular weight is 253 g/mol. The Morgan fingerprint density at radius 1 is 1.53 bits per heavy atom. The first-order valence-electron chi connectivity index (χ1n) is 5.55. The van der Waals surface area contributed by atoms with Gasteiger partial charge in [-0.05, 0) is 37.5 Å². The van der Waals surface area contributed by atoms with Crippen molar-refractivity contribution in [3.05, 3.63) is 28.5 Å². The molecule has 0 aliphatic heterocycles. The molecule has 4 heteroatoms. The first-order chi connectivity index (χ1) is 7.97. The topological polar surface area (TPSA) is 27.0 Å². The molecule has 1 aromatic rings. The molecular formula is C13H14ClFN2. The van der Waals surface area contributed by atoms with E-state index in [0.29, 0.717) is 22.8 Å². The Kier molecular flexibility index (Phi) is 3.01. The van der Waals surface area contributed by atoms with E-state index < -0.39 is 0 Å². The highest BCUT2D eigenvalue weighted by Crippen LogP contribution is 2.46. The molecule has 0 unspecified atom stereocenters. The quantitative estimate of drug-likeness (QED) is 0.823. The van der Waals surface area contributed by atoms with Crippen molar-refractivity contribution in [2.45, 2.75) is 19.8 Å². The van der Waals surface area contributed by atoms with Crippen LogP contribution in [0.2, 0.25) is 5.02 Å². The van der Waals surface area contributed by atoms with Crippen LogP contribution in [0.3, 0.4) is 0 Å². The fourth-order valence-electron chi connectivity index (χ4n) is 1.92. The van der Waals surface area contributed by atoms with Crippen molar-refractivity contribution < 1.29 is 4.39 Å². The maximum atomic E-state index is 13.5. The molecule has 0 bridgehead atoms. The molecule has 0 atom stereocenters. The molecular weight excluding hydrogens is 239 g/mol. The molecule has 2 nitrogen and oxygen atoms in total. The predicted molar refractivity (Wildman–Crippen MR) is 66.7 cm³/mol. The lowest BCUT2D eigenvalue weighted by molar-refractivity contribution is 0.614. The van der Waals surface area contributed by atoms with Crippen LogP contribution in [-0.4, -0.2) is 13.6 Å². The van der Waals surface area contributed by atoms with E-state index in [1.165, 1.54) is 6.07 Å². The van der Waals surface area contributed by atoms with Crippen LogP contribution in [0.25, 0.3) is 0 Å². The lowest BCUT2D eigenvalue weighted by atomic mass is 10.1. The molecule has 0 heterocycles. The highest BCUT2D eigenvalue weighted by Gasteiger charge is 2.44. The number of hydrogen-bond acceptors (Lipinski definition) is 2. The Bertz CT molecular complexity index is 489. The van der Waals surface area contributed by atoms with Gasteiger partial charge in [0.25, 0.3) is 0 Å². The Labute approximate surface area is 106 Å². The van der Waals surface area contributed by atoms with Gasteiger partial charge in [-0.15, -0.1) is 0 Å². The fourth-order valence-corrected chi connectivity index (χ4v) is 2.29. The maximum absolute atomic E-state index is 13.5. The van der Waals surface area contributed by atoms with Gasteiger partial charge in [0, 0.05) is 13.6 Å². The van der Waals surface area contributed by atoms with E-state index in [-0.39, 0.29) is 11.2 Å². The normalized spacial score (nSPS) is 16.4. The van der Waals surface area contributed by atoms with Crippen LogP contribution in [0.5, 0.6) is 0 Å². The van der Waals surface area contributed by atoms with Crippen LogP contribution < -0.4 is 4.90 Å². The summed E-state index contributed by atoms with van der Waals surface area (Å²) in [5.41, 5.74) is 0.935. The minimum atomic E-state index is -0.266. The minimum Gasteiger partial charge on any atom is -0.372 e. The van der Waals surface area contributed by atoms with E-state index in [9.17, 15) is 4.39 Å². The van der Waals surface area contributed by atoms with Gasteiger partial charge in [0.15, 0.2) is 0 Å². The van der Waals surface area contributed by atoms with E-state index in [1.807, 2.05) is 11.9 Å². The zero-order valence-electron chi connectivity index (χ0n) is 9.93. The van der Waals surface area contributed by atoms with Gasteiger partial charge in [0.2, 0.25) is 0 Å². The summed E-state index contributed by atoms with van der Waals surface area (Å²) >= 11 is 6.10. The summed E-state index contributed by atoms with van der Waals surface area (Å²) in [4.78, 5) is 1.86. The van der Waals surface area contributed by atoms with Gasteiger partial charge in [-0.2, -0.15) is 5.26 Å². The van der Waals surface area contributed by atoms with Crippen LogP contribution in [0.4, 0.5) is 10.1 Å². The van der Waals surface area contributed by atoms with E-state index in [4.69, 9.17) is 16.9 Å².